The number of nitrogens with one attached hydrogen (secondary N) is 1. The van der Waals surface area contributed by atoms with Crippen molar-refractivity contribution in [3.63, 3.8) is 0 Å². The van der Waals surface area contributed by atoms with E-state index in [0.717, 1.165) is 23.6 Å². The van der Waals surface area contributed by atoms with E-state index < -0.39 is 0 Å². The average molecular weight is 181 g/mol. The summed E-state index contributed by atoms with van der Waals surface area (Å²) in [6.07, 6.45) is 0.958. The molecule has 0 aliphatic rings. The van der Waals surface area contributed by atoms with Gasteiger partial charge < -0.3 is 10.7 Å². The maximum absolute atomic E-state index is 5.56. The van der Waals surface area contributed by atoms with Crippen LogP contribution in [0, 0.1) is 13.8 Å². The van der Waals surface area contributed by atoms with E-state index in [1.807, 2.05) is 13.8 Å². The van der Waals surface area contributed by atoms with Crippen LogP contribution in [0.15, 0.2) is 0 Å². The molecule has 0 aliphatic carbocycles. The largest absolute Gasteiger partial charge is 0.345 e. The summed E-state index contributed by atoms with van der Waals surface area (Å²) < 4.78 is 0. The lowest BCUT2D eigenvalue weighted by Crippen LogP contribution is -2.23. The van der Waals surface area contributed by atoms with E-state index in [1.165, 1.54) is 0 Å². The molecule has 0 fully saturated rings. The van der Waals surface area contributed by atoms with Gasteiger partial charge in [0, 0.05) is 11.1 Å². The van der Waals surface area contributed by atoms with E-state index in [2.05, 4.69) is 23.8 Å². The van der Waals surface area contributed by atoms with Gasteiger partial charge in [-0.05, 0) is 26.8 Å². The lowest BCUT2D eigenvalue weighted by Gasteiger charge is -2.20. The summed E-state index contributed by atoms with van der Waals surface area (Å²) in [5, 5.41) is 0. The van der Waals surface area contributed by atoms with Crippen LogP contribution in [0.1, 0.15) is 37.5 Å². The number of nitrogens with zero attached hydrogens (tertiary/aromatic N) is 1. The van der Waals surface area contributed by atoms with Gasteiger partial charge in [-0.1, -0.05) is 13.8 Å². The minimum atomic E-state index is 0.0633. The van der Waals surface area contributed by atoms with Crippen LogP contribution in [0.2, 0.25) is 0 Å². The number of aromatic amines is 1. The Labute approximate surface area is 79.8 Å². The third kappa shape index (κ3) is 2.10. The van der Waals surface area contributed by atoms with Gasteiger partial charge in [-0.15, -0.1) is 0 Å². The molecule has 0 saturated heterocycles. The minimum Gasteiger partial charge on any atom is -0.345 e. The molecule has 1 aromatic heterocycles. The van der Waals surface area contributed by atoms with Crippen molar-refractivity contribution in [2.45, 2.75) is 39.5 Å². The van der Waals surface area contributed by atoms with E-state index >= 15 is 0 Å². The molecule has 0 radical (unpaired) electrons. The molecule has 0 atom stereocenters. The van der Waals surface area contributed by atoms with Gasteiger partial charge in [-0.25, -0.2) is 4.98 Å². The molecular weight excluding hydrogens is 162 g/mol. The Morgan fingerprint density at radius 3 is 2.38 bits per heavy atom. The van der Waals surface area contributed by atoms with Crippen molar-refractivity contribution in [2.24, 2.45) is 5.73 Å². The van der Waals surface area contributed by atoms with E-state index in [4.69, 9.17) is 5.73 Å². The second-order valence-corrected chi connectivity index (χ2v) is 4.22. The van der Waals surface area contributed by atoms with Crippen molar-refractivity contribution in [3.8, 4) is 0 Å². The Bertz CT molecular complexity index is 267. The Morgan fingerprint density at radius 1 is 1.38 bits per heavy atom. The number of imidazole rings is 1. The molecular formula is C10H19N3. The number of H-pyrrole nitrogens is 1. The van der Waals surface area contributed by atoms with Crippen LogP contribution >= 0.6 is 0 Å². The fourth-order valence-electron chi connectivity index (χ4n) is 1.35. The Morgan fingerprint density at radius 2 is 2.00 bits per heavy atom. The van der Waals surface area contributed by atoms with Crippen LogP contribution in [0.3, 0.4) is 0 Å². The predicted molar refractivity (Wildman–Crippen MR) is 54.8 cm³/mol. The molecule has 1 heterocycles. The van der Waals surface area contributed by atoms with E-state index in [-0.39, 0.29) is 5.41 Å². The lowest BCUT2D eigenvalue weighted by atomic mass is 9.88. The number of aromatic nitrogens is 2. The van der Waals surface area contributed by atoms with Crippen molar-refractivity contribution in [3.05, 3.63) is 17.2 Å². The van der Waals surface area contributed by atoms with Crippen molar-refractivity contribution in [2.75, 3.05) is 6.54 Å². The first-order chi connectivity index (χ1) is 5.97. The third-order valence-electron chi connectivity index (χ3n) is 2.54. The predicted octanol–water partition coefficient (Wildman–Crippen LogP) is 1.65. The molecule has 3 nitrogen and oxygen atoms in total. The molecule has 0 unspecified atom stereocenters. The van der Waals surface area contributed by atoms with Crippen LogP contribution < -0.4 is 5.73 Å². The zero-order valence-electron chi connectivity index (χ0n) is 8.94. The second-order valence-electron chi connectivity index (χ2n) is 4.22. The van der Waals surface area contributed by atoms with Gasteiger partial charge in [-0.2, -0.15) is 0 Å². The van der Waals surface area contributed by atoms with Gasteiger partial charge in [-0.3, -0.25) is 0 Å². The summed E-state index contributed by atoms with van der Waals surface area (Å²) in [6.45, 7) is 9.10. The monoisotopic (exact) mass is 181 g/mol. The maximum atomic E-state index is 5.56. The minimum absolute atomic E-state index is 0.0633. The van der Waals surface area contributed by atoms with E-state index in [9.17, 15) is 0 Å². The van der Waals surface area contributed by atoms with Crippen LogP contribution in [-0.4, -0.2) is 16.5 Å². The van der Waals surface area contributed by atoms with Crippen molar-refractivity contribution in [1.82, 2.24) is 9.97 Å². The zero-order chi connectivity index (χ0) is 10.1. The number of nitrogens with two attached hydrogens (primary N) is 1. The summed E-state index contributed by atoms with van der Waals surface area (Å²) in [7, 11) is 0. The normalized spacial score (nSPS) is 12.1. The van der Waals surface area contributed by atoms with Crippen molar-refractivity contribution < 1.29 is 0 Å². The molecule has 0 bridgehead atoms. The molecule has 0 amide bonds. The molecule has 74 valence electrons. The maximum Gasteiger partial charge on any atom is 0.112 e. The van der Waals surface area contributed by atoms with Crippen LogP contribution in [0.5, 0.6) is 0 Å². The van der Waals surface area contributed by atoms with Gasteiger partial charge in [0.25, 0.3) is 0 Å². The van der Waals surface area contributed by atoms with Gasteiger partial charge >= 0.3 is 0 Å². The number of hydrogen-bond acceptors (Lipinski definition) is 2. The molecule has 0 aromatic carbocycles. The Hall–Kier alpha value is -0.830. The number of aryl methyl sites for hydroxylation is 2. The topological polar surface area (TPSA) is 54.7 Å². The first-order valence-corrected chi connectivity index (χ1v) is 4.71. The SMILES string of the molecule is Cc1nc(C(C)(C)CCN)[nH]c1C. The van der Waals surface area contributed by atoms with E-state index in [1.54, 1.807) is 0 Å². The van der Waals surface area contributed by atoms with Gasteiger partial charge in [0.2, 0.25) is 0 Å². The summed E-state index contributed by atoms with van der Waals surface area (Å²) in [5.41, 5.74) is 7.85. The molecule has 0 saturated carbocycles. The summed E-state index contributed by atoms with van der Waals surface area (Å²) in [6, 6.07) is 0. The van der Waals surface area contributed by atoms with Gasteiger partial charge in [0.05, 0.1) is 5.69 Å². The Balaban J connectivity index is 2.93. The molecule has 3 heteroatoms. The first kappa shape index (κ1) is 10.3. The van der Waals surface area contributed by atoms with Crippen molar-refractivity contribution >= 4 is 0 Å². The molecule has 0 spiro atoms. The second kappa shape index (κ2) is 3.50. The van der Waals surface area contributed by atoms with Crippen LogP contribution in [0.4, 0.5) is 0 Å². The molecule has 1 aromatic rings. The third-order valence-corrected chi connectivity index (χ3v) is 2.54. The zero-order valence-corrected chi connectivity index (χ0v) is 8.94. The summed E-state index contributed by atoms with van der Waals surface area (Å²) in [5.74, 6) is 1.05. The Kier molecular flexibility index (Phi) is 2.76. The van der Waals surface area contributed by atoms with Crippen LogP contribution in [0.25, 0.3) is 0 Å². The highest BCUT2D eigenvalue weighted by molar-refractivity contribution is 5.16. The van der Waals surface area contributed by atoms with Crippen molar-refractivity contribution in [1.29, 1.82) is 0 Å². The number of hydrogen-bond donors (Lipinski definition) is 2. The smallest absolute Gasteiger partial charge is 0.112 e. The first-order valence-electron chi connectivity index (χ1n) is 4.71. The molecule has 13 heavy (non-hydrogen) atoms. The molecule has 1 rings (SSSR count). The highest BCUT2D eigenvalue weighted by atomic mass is 14.9. The van der Waals surface area contributed by atoms with Gasteiger partial charge in [0.1, 0.15) is 5.82 Å². The van der Waals surface area contributed by atoms with E-state index in [0.29, 0.717) is 6.54 Å². The van der Waals surface area contributed by atoms with Crippen LogP contribution in [-0.2, 0) is 5.41 Å². The lowest BCUT2D eigenvalue weighted by molar-refractivity contribution is 0.461. The molecule has 3 N–H and O–H groups in total. The summed E-state index contributed by atoms with van der Waals surface area (Å²) >= 11 is 0. The number of rotatable bonds is 3. The highest BCUT2D eigenvalue weighted by Crippen LogP contribution is 2.24. The average Bonchev–Trinajstić information content (AvgIpc) is 2.33. The highest BCUT2D eigenvalue weighted by Gasteiger charge is 2.23. The van der Waals surface area contributed by atoms with Gasteiger partial charge in [0.15, 0.2) is 0 Å². The summed E-state index contributed by atoms with van der Waals surface area (Å²) in [4.78, 5) is 7.79. The quantitative estimate of drug-likeness (QED) is 0.745. The fourth-order valence-corrected chi connectivity index (χ4v) is 1.35. The standard InChI is InChI=1S/C10H19N3/c1-7-8(2)13-9(12-7)10(3,4)5-6-11/h5-6,11H2,1-4H3,(H,12,13). The molecule has 0 aliphatic heterocycles. The fraction of sp³-hybridized carbons (Fsp3) is 0.700.